The van der Waals surface area contributed by atoms with Crippen LogP contribution in [0, 0.1) is 6.92 Å². The maximum absolute atomic E-state index is 3.73. The van der Waals surface area contributed by atoms with E-state index in [0.717, 1.165) is 12.0 Å². The van der Waals surface area contributed by atoms with Crippen LogP contribution in [0.3, 0.4) is 0 Å². The Bertz CT molecular complexity index is 400. The first-order chi connectivity index (χ1) is 9.81. The highest BCUT2D eigenvalue weighted by molar-refractivity contribution is 5.26. The van der Waals surface area contributed by atoms with Crippen molar-refractivity contribution in [2.45, 2.75) is 51.0 Å². The van der Waals surface area contributed by atoms with Gasteiger partial charge < -0.3 is 10.2 Å². The highest BCUT2D eigenvalue weighted by Gasteiger charge is 2.29. The van der Waals surface area contributed by atoms with Gasteiger partial charge >= 0.3 is 0 Å². The molecule has 1 aromatic rings. The summed E-state index contributed by atoms with van der Waals surface area (Å²) in [5, 5.41) is 3.73. The zero-order valence-electron chi connectivity index (χ0n) is 12.8. The van der Waals surface area contributed by atoms with E-state index in [1.165, 1.54) is 69.4 Å². The number of hydrogen-bond donors (Lipinski definition) is 1. The van der Waals surface area contributed by atoms with Gasteiger partial charge in [0.1, 0.15) is 0 Å². The van der Waals surface area contributed by atoms with Crippen LogP contribution < -0.4 is 5.32 Å². The standard InChI is InChI=1S/C18H28N2/c1-15-5-7-16(8-6-15)17-13-18(14-17)19-9-4-12-20-10-2-3-11-20/h5-8,17-19H,2-4,9-14H2,1H3. The fourth-order valence-corrected chi connectivity index (χ4v) is 3.51. The molecule has 0 bridgehead atoms. The maximum atomic E-state index is 3.73. The van der Waals surface area contributed by atoms with Crippen LogP contribution >= 0.6 is 0 Å². The fourth-order valence-electron chi connectivity index (χ4n) is 3.51. The molecule has 1 saturated heterocycles. The summed E-state index contributed by atoms with van der Waals surface area (Å²) < 4.78 is 0. The SMILES string of the molecule is Cc1ccc(C2CC(NCCCN3CCCC3)C2)cc1. The van der Waals surface area contributed by atoms with Crippen LogP contribution in [0.4, 0.5) is 0 Å². The average molecular weight is 272 g/mol. The number of nitrogens with one attached hydrogen (secondary N) is 1. The van der Waals surface area contributed by atoms with Crippen molar-refractivity contribution in [3.63, 3.8) is 0 Å². The van der Waals surface area contributed by atoms with Crippen molar-refractivity contribution in [2.24, 2.45) is 0 Å². The van der Waals surface area contributed by atoms with E-state index in [9.17, 15) is 0 Å². The summed E-state index contributed by atoms with van der Waals surface area (Å²) in [6, 6.07) is 9.87. The highest BCUT2D eigenvalue weighted by Crippen LogP contribution is 2.36. The molecule has 1 N–H and O–H groups in total. The lowest BCUT2D eigenvalue weighted by Crippen LogP contribution is -2.41. The third kappa shape index (κ3) is 3.62. The largest absolute Gasteiger partial charge is 0.314 e. The van der Waals surface area contributed by atoms with Gasteiger partial charge in [0.2, 0.25) is 0 Å². The first-order valence-corrected chi connectivity index (χ1v) is 8.33. The first kappa shape index (κ1) is 14.1. The molecule has 2 aliphatic rings. The lowest BCUT2D eigenvalue weighted by Gasteiger charge is -2.36. The van der Waals surface area contributed by atoms with Gasteiger partial charge in [0.05, 0.1) is 0 Å². The molecular formula is C18H28N2. The van der Waals surface area contributed by atoms with Crippen LogP contribution in [0.15, 0.2) is 24.3 Å². The van der Waals surface area contributed by atoms with Crippen molar-refractivity contribution in [3.05, 3.63) is 35.4 Å². The molecule has 2 heteroatoms. The molecular weight excluding hydrogens is 244 g/mol. The number of hydrogen-bond acceptors (Lipinski definition) is 2. The summed E-state index contributed by atoms with van der Waals surface area (Å²) >= 11 is 0. The first-order valence-electron chi connectivity index (χ1n) is 8.33. The third-order valence-corrected chi connectivity index (χ3v) is 4.97. The second-order valence-corrected chi connectivity index (χ2v) is 6.63. The van der Waals surface area contributed by atoms with Crippen molar-refractivity contribution >= 4 is 0 Å². The maximum Gasteiger partial charge on any atom is 0.00787 e. The topological polar surface area (TPSA) is 15.3 Å². The fraction of sp³-hybridized carbons (Fsp3) is 0.667. The minimum atomic E-state index is 0.764. The quantitative estimate of drug-likeness (QED) is 0.799. The number of aryl methyl sites for hydroxylation is 1. The Labute approximate surface area is 123 Å². The molecule has 1 aliphatic heterocycles. The molecule has 0 atom stereocenters. The molecule has 2 fully saturated rings. The molecule has 0 amide bonds. The number of nitrogens with zero attached hydrogens (tertiary/aromatic N) is 1. The van der Waals surface area contributed by atoms with E-state index in [2.05, 4.69) is 41.4 Å². The molecule has 1 heterocycles. The van der Waals surface area contributed by atoms with Gasteiger partial charge in [-0.25, -0.2) is 0 Å². The van der Waals surface area contributed by atoms with E-state index in [0.29, 0.717) is 0 Å². The zero-order chi connectivity index (χ0) is 13.8. The van der Waals surface area contributed by atoms with Gasteiger partial charge in [-0.2, -0.15) is 0 Å². The van der Waals surface area contributed by atoms with E-state index >= 15 is 0 Å². The Morgan fingerprint density at radius 3 is 2.50 bits per heavy atom. The van der Waals surface area contributed by atoms with Crippen LogP contribution in [0.5, 0.6) is 0 Å². The Balaban J connectivity index is 1.29. The van der Waals surface area contributed by atoms with Gasteiger partial charge in [0.15, 0.2) is 0 Å². The highest BCUT2D eigenvalue weighted by atomic mass is 15.1. The molecule has 1 saturated carbocycles. The average Bonchev–Trinajstić information content (AvgIpc) is 2.91. The van der Waals surface area contributed by atoms with E-state index in [-0.39, 0.29) is 0 Å². The molecule has 2 nitrogen and oxygen atoms in total. The second-order valence-electron chi connectivity index (χ2n) is 6.63. The van der Waals surface area contributed by atoms with Crippen molar-refractivity contribution < 1.29 is 0 Å². The van der Waals surface area contributed by atoms with E-state index in [1.54, 1.807) is 0 Å². The van der Waals surface area contributed by atoms with Gasteiger partial charge in [-0.05, 0) is 76.7 Å². The van der Waals surface area contributed by atoms with E-state index < -0.39 is 0 Å². The summed E-state index contributed by atoms with van der Waals surface area (Å²) in [5.41, 5.74) is 2.90. The molecule has 0 unspecified atom stereocenters. The van der Waals surface area contributed by atoms with Crippen molar-refractivity contribution in [2.75, 3.05) is 26.2 Å². The van der Waals surface area contributed by atoms with Gasteiger partial charge in [-0.3, -0.25) is 0 Å². The smallest absolute Gasteiger partial charge is 0.00787 e. The van der Waals surface area contributed by atoms with Crippen molar-refractivity contribution in [3.8, 4) is 0 Å². The van der Waals surface area contributed by atoms with Crippen LogP contribution in [0.25, 0.3) is 0 Å². The lowest BCUT2D eigenvalue weighted by atomic mass is 9.76. The van der Waals surface area contributed by atoms with Crippen LogP contribution in [0.2, 0.25) is 0 Å². The molecule has 0 radical (unpaired) electrons. The number of rotatable bonds is 6. The minimum absolute atomic E-state index is 0.764. The molecule has 0 aromatic heterocycles. The predicted octanol–water partition coefficient (Wildman–Crippen LogP) is 3.32. The summed E-state index contributed by atoms with van der Waals surface area (Å²) in [7, 11) is 0. The molecule has 20 heavy (non-hydrogen) atoms. The van der Waals surface area contributed by atoms with Crippen molar-refractivity contribution in [1.82, 2.24) is 10.2 Å². The molecule has 110 valence electrons. The Hall–Kier alpha value is -0.860. The van der Waals surface area contributed by atoms with Crippen LogP contribution in [0.1, 0.15) is 49.1 Å². The zero-order valence-corrected chi connectivity index (χ0v) is 12.8. The van der Waals surface area contributed by atoms with Crippen LogP contribution in [-0.4, -0.2) is 37.1 Å². The number of likely N-dealkylation sites (tertiary alicyclic amines) is 1. The number of benzene rings is 1. The van der Waals surface area contributed by atoms with Gasteiger partial charge in [0, 0.05) is 6.04 Å². The monoisotopic (exact) mass is 272 g/mol. The molecule has 1 aliphatic carbocycles. The molecule has 1 aromatic carbocycles. The lowest BCUT2D eigenvalue weighted by molar-refractivity contribution is 0.277. The second kappa shape index (κ2) is 6.73. The summed E-state index contributed by atoms with van der Waals surface area (Å²) in [4.78, 5) is 2.61. The summed E-state index contributed by atoms with van der Waals surface area (Å²) in [5.74, 6) is 0.798. The summed E-state index contributed by atoms with van der Waals surface area (Å²) in [6.07, 6.45) is 6.79. The van der Waals surface area contributed by atoms with Gasteiger partial charge in [-0.15, -0.1) is 0 Å². The van der Waals surface area contributed by atoms with Crippen molar-refractivity contribution in [1.29, 1.82) is 0 Å². The Kier molecular flexibility index (Phi) is 4.74. The van der Waals surface area contributed by atoms with E-state index in [1.807, 2.05) is 0 Å². The van der Waals surface area contributed by atoms with Crippen LogP contribution in [-0.2, 0) is 0 Å². The molecule has 3 rings (SSSR count). The Morgan fingerprint density at radius 1 is 1.10 bits per heavy atom. The Morgan fingerprint density at radius 2 is 1.80 bits per heavy atom. The normalized spacial score (nSPS) is 26.6. The third-order valence-electron chi connectivity index (χ3n) is 4.97. The van der Waals surface area contributed by atoms with Gasteiger partial charge in [0.25, 0.3) is 0 Å². The predicted molar refractivity (Wildman–Crippen MR) is 85.2 cm³/mol. The molecule has 0 spiro atoms. The minimum Gasteiger partial charge on any atom is -0.314 e. The van der Waals surface area contributed by atoms with Gasteiger partial charge in [-0.1, -0.05) is 29.8 Å². The summed E-state index contributed by atoms with van der Waals surface area (Å²) in [6.45, 7) is 7.32. The van der Waals surface area contributed by atoms with E-state index in [4.69, 9.17) is 0 Å².